The van der Waals surface area contributed by atoms with Crippen LogP contribution >= 0.6 is 0 Å². The molecule has 2 aliphatic rings. The maximum Gasteiger partial charge on any atom is 0.365 e. The fraction of sp³-hybridized carbons (Fsp3) is 0.545. The molecule has 0 unspecified atom stereocenters. The fourth-order valence-electron chi connectivity index (χ4n) is 2.88. The number of nitrogens with zero attached hydrogens (tertiary/aromatic N) is 1. The minimum atomic E-state index is -4.94. The Balaban J connectivity index is 0.000000243. The molecule has 3 heterocycles. The van der Waals surface area contributed by atoms with Gasteiger partial charge < -0.3 is 10.4 Å². The van der Waals surface area contributed by atoms with E-state index in [9.17, 15) is 5.11 Å². The van der Waals surface area contributed by atoms with Crippen molar-refractivity contribution < 1.29 is 72.7 Å². The molecule has 0 aromatic carbocycles. The monoisotopic (exact) mass is 390 g/mol. The van der Waals surface area contributed by atoms with Crippen LogP contribution in [-0.4, -0.2) is 18.2 Å². The van der Waals surface area contributed by atoms with Gasteiger partial charge in [0.2, 0.25) is 0 Å². The Hall–Kier alpha value is -0.830. The molecule has 11 nitrogen and oxygen atoms in total. The topological polar surface area (TPSA) is 225 Å². The third-order valence-electron chi connectivity index (χ3n) is 3.53. The van der Waals surface area contributed by atoms with Gasteiger partial charge in [-0.2, -0.15) is 4.57 Å². The summed E-state index contributed by atoms with van der Waals surface area (Å²) < 4.78 is 70.0. The molecule has 0 radical (unpaired) electrons. The van der Waals surface area contributed by atoms with Gasteiger partial charge in [-0.3, -0.25) is 0 Å². The van der Waals surface area contributed by atoms with Gasteiger partial charge in [0.1, 0.15) is 0 Å². The number of hydrogen-bond donors (Lipinski definition) is 2. The normalized spacial score (nSPS) is 22.3. The Kier molecular flexibility index (Phi) is 7.52. The summed E-state index contributed by atoms with van der Waals surface area (Å²) in [5.41, 5.74) is 1.32. The zero-order valence-electron chi connectivity index (χ0n) is 12.2. The first-order valence-corrected chi connectivity index (χ1v) is 9.08. The molecule has 3 rings (SSSR count). The molecule has 0 spiro atoms. The first-order chi connectivity index (χ1) is 10.8. The van der Waals surface area contributed by atoms with E-state index in [4.69, 9.17) is 37.3 Å². The predicted molar refractivity (Wildman–Crippen MR) is 50.8 cm³/mol. The van der Waals surface area contributed by atoms with E-state index in [2.05, 4.69) is 16.0 Å². The first kappa shape index (κ1) is 21.2. The van der Waals surface area contributed by atoms with Gasteiger partial charge in [-0.25, -0.2) is 37.3 Å². The van der Waals surface area contributed by atoms with Gasteiger partial charge in [-0.15, -0.1) is 20.5 Å². The Labute approximate surface area is 141 Å². The lowest BCUT2D eigenvalue weighted by Crippen LogP contribution is -2.90. The van der Waals surface area contributed by atoms with Crippen molar-refractivity contribution in [2.45, 2.75) is 18.9 Å². The van der Waals surface area contributed by atoms with Crippen LogP contribution in [-0.2, 0) is 6.54 Å². The van der Waals surface area contributed by atoms with Crippen molar-refractivity contribution in [3.63, 3.8) is 0 Å². The van der Waals surface area contributed by atoms with Crippen molar-refractivity contribution >= 4 is 0 Å². The van der Waals surface area contributed by atoms with E-state index in [0.29, 0.717) is 11.8 Å². The highest BCUT2D eigenvalue weighted by Gasteiger charge is 2.39. The molecule has 2 bridgehead atoms. The van der Waals surface area contributed by atoms with Crippen LogP contribution in [0.25, 0.3) is 0 Å². The molecule has 0 aliphatic carbocycles. The van der Waals surface area contributed by atoms with Gasteiger partial charge in [0.05, 0.1) is 31.0 Å². The highest BCUT2D eigenvalue weighted by molar-refractivity contribution is 5.11. The van der Waals surface area contributed by atoms with Gasteiger partial charge in [0, 0.05) is 6.07 Å². The number of halogens is 2. The van der Waals surface area contributed by atoms with E-state index >= 15 is 0 Å². The molecule has 1 aromatic rings. The summed E-state index contributed by atoms with van der Waals surface area (Å²) in [4.78, 5) is 0. The molecular weight excluding hydrogens is 375 g/mol. The van der Waals surface area contributed by atoms with Crippen molar-refractivity contribution in [2.24, 2.45) is 5.92 Å². The summed E-state index contributed by atoms with van der Waals surface area (Å²) >= 11 is 0. The molecule has 0 saturated carbocycles. The van der Waals surface area contributed by atoms with Gasteiger partial charge >= 0.3 is 5.88 Å². The van der Waals surface area contributed by atoms with Crippen molar-refractivity contribution in [3.05, 3.63) is 23.9 Å². The van der Waals surface area contributed by atoms with Crippen LogP contribution in [0.3, 0.4) is 0 Å². The number of aromatic hydroxyl groups is 1. The third-order valence-corrected chi connectivity index (χ3v) is 3.53. The highest BCUT2D eigenvalue weighted by atomic mass is 35.7. The number of piperidine rings is 1. The van der Waals surface area contributed by atoms with E-state index in [1.165, 1.54) is 25.2 Å². The summed E-state index contributed by atoms with van der Waals surface area (Å²) in [6.07, 6.45) is 1.31. The minimum absolute atomic E-state index is 0.430. The lowest BCUT2D eigenvalue weighted by molar-refractivity contribution is -2.00. The molecule has 1 fully saturated rings. The van der Waals surface area contributed by atoms with Crippen molar-refractivity contribution in [2.75, 3.05) is 13.1 Å². The van der Waals surface area contributed by atoms with Gasteiger partial charge in [0.15, 0.2) is 12.2 Å². The second-order valence-corrected chi connectivity index (χ2v) is 6.75. The standard InChI is InChI=1S/C11H14N2O.2ClHO4/c14-11-3-1-2-10-9-4-8(5-12-6-9)7-13(10)11;2*2-1(3,4)5/h1-3,8-9,12H,4-7H2;2*(H,2,3,4,5)/t8-,9+;;/m0../s1. The maximum atomic E-state index is 9.76. The van der Waals surface area contributed by atoms with E-state index < -0.39 is 20.5 Å². The summed E-state index contributed by atoms with van der Waals surface area (Å²) in [7, 11) is -9.89. The van der Waals surface area contributed by atoms with Crippen molar-refractivity contribution in [1.82, 2.24) is 0 Å². The van der Waals surface area contributed by atoms with Gasteiger partial charge in [-0.05, 0) is 12.5 Å². The fourth-order valence-corrected chi connectivity index (χ4v) is 2.88. The summed E-state index contributed by atoms with van der Waals surface area (Å²) in [5.74, 6) is 1.83. The Morgan fingerprint density at radius 1 is 0.958 bits per heavy atom. The highest BCUT2D eigenvalue weighted by Crippen LogP contribution is 2.27. The average Bonchev–Trinajstić information content (AvgIpc) is 2.37. The molecule has 1 saturated heterocycles. The van der Waals surface area contributed by atoms with Gasteiger partial charge in [-0.1, -0.05) is 0 Å². The van der Waals surface area contributed by atoms with E-state index in [-0.39, 0.29) is 0 Å². The Morgan fingerprint density at radius 2 is 1.50 bits per heavy atom. The van der Waals surface area contributed by atoms with Crippen LogP contribution in [0.1, 0.15) is 18.0 Å². The molecule has 0 amide bonds. The minimum Gasteiger partial charge on any atom is -0.460 e. The SMILES string of the molecule is Oc1cccc2[n+]1C[C@@H]1C[NH2+]C[C@H]2C1.[O-][Cl+3]([O-])([O-])[O-].[O-][Cl+3]([O-])([O-])[O-]. The first-order valence-electron chi connectivity index (χ1n) is 6.61. The molecule has 138 valence electrons. The lowest BCUT2D eigenvalue weighted by Gasteiger charge is -2.29. The number of hydrogen-bond acceptors (Lipinski definition) is 9. The zero-order valence-corrected chi connectivity index (χ0v) is 13.7. The van der Waals surface area contributed by atoms with Crippen LogP contribution in [0.15, 0.2) is 18.2 Å². The molecule has 13 heteroatoms. The van der Waals surface area contributed by atoms with Crippen LogP contribution in [0.5, 0.6) is 5.88 Å². The molecular formula is C11H16Cl2N2O9. The Bertz CT molecular complexity index is 511. The summed E-state index contributed by atoms with van der Waals surface area (Å²) in [6, 6.07) is 5.89. The van der Waals surface area contributed by atoms with Crippen molar-refractivity contribution in [3.8, 4) is 5.88 Å². The second-order valence-electron chi connectivity index (χ2n) is 5.23. The third kappa shape index (κ3) is 8.86. The zero-order chi connectivity index (χ0) is 18.5. The molecule has 2 aliphatic heterocycles. The van der Waals surface area contributed by atoms with Crippen LogP contribution in [0.4, 0.5) is 0 Å². The summed E-state index contributed by atoms with van der Waals surface area (Å²) in [6.45, 7) is 3.40. The number of nitrogens with two attached hydrogens (primary N) is 1. The van der Waals surface area contributed by atoms with Crippen molar-refractivity contribution in [1.29, 1.82) is 0 Å². The number of aromatic nitrogens is 1. The number of quaternary nitrogens is 1. The number of pyridine rings is 1. The predicted octanol–water partition coefficient (Wildman–Crippen LogP) is -10.2. The smallest absolute Gasteiger partial charge is 0.365 e. The van der Waals surface area contributed by atoms with E-state index in [0.717, 1.165) is 12.5 Å². The van der Waals surface area contributed by atoms with Crippen LogP contribution in [0.2, 0.25) is 0 Å². The summed E-state index contributed by atoms with van der Waals surface area (Å²) in [5, 5.41) is 12.2. The van der Waals surface area contributed by atoms with E-state index in [1.807, 2.05) is 6.07 Å². The molecule has 2 atom stereocenters. The van der Waals surface area contributed by atoms with E-state index in [1.54, 1.807) is 6.07 Å². The largest absolute Gasteiger partial charge is 0.460 e. The number of rotatable bonds is 0. The lowest BCUT2D eigenvalue weighted by atomic mass is 9.84. The molecule has 3 N–H and O–H groups in total. The van der Waals surface area contributed by atoms with Gasteiger partial charge in [0.25, 0.3) is 0 Å². The van der Waals surface area contributed by atoms with Crippen LogP contribution in [0, 0.1) is 26.4 Å². The molecule has 24 heavy (non-hydrogen) atoms. The number of fused-ring (bicyclic) bond motifs is 4. The molecule has 1 aromatic heterocycles. The van der Waals surface area contributed by atoms with Crippen LogP contribution < -0.4 is 47.2 Å². The Morgan fingerprint density at radius 3 is 2.04 bits per heavy atom. The second kappa shape index (κ2) is 8.51. The quantitative estimate of drug-likeness (QED) is 0.400. The maximum absolute atomic E-state index is 9.76. The average molecular weight is 391 g/mol.